The fraction of sp³-hybridized carbons (Fsp3) is 0. The third-order valence-corrected chi connectivity index (χ3v) is 16.6. The highest BCUT2D eigenvalue weighted by molar-refractivity contribution is 7.22. The number of benzene rings is 8. The largest absolute Gasteiger partial charge is 0.307 e. The topological polar surface area (TPSA) is 17.8 Å². The molecule has 0 atom stereocenters. The van der Waals surface area contributed by atoms with Crippen LogP contribution in [0, 0.1) is 0 Å². The van der Waals surface area contributed by atoms with Gasteiger partial charge in [0.15, 0.2) is 8.07 Å². The second-order valence-electron chi connectivity index (χ2n) is 14.7. The van der Waals surface area contributed by atoms with Crippen LogP contribution >= 0.6 is 0 Å². The van der Waals surface area contributed by atoms with E-state index in [1.54, 1.807) is 0 Å². The fourth-order valence-corrected chi connectivity index (χ4v) is 14.4. The van der Waals surface area contributed by atoms with Crippen molar-refractivity contribution in [3.05, 3.63) is 218 Å². The predicted octanol–water partition coefficient (Wildman–Crippen LogP) is 10.5. The molecule has 3 heterocycles. The Bertz CT molecular complexity index is 3000. The molecule has 0 bridgehead atoms. The molecule has 3 heteroatoms. The molecule has 0 spiro atoms. The van der Waals surface area contributed by atoms with Gasteiger partial charge in [-0.2, -0.15) is 0 Å². The van der Waals surface area contributed by atoms with Crippen molar-refractivity contribution >= 4 is 50.6 Å². The Morgan fingerprint density at radius 3 is 1.52 bits per heavy atom. The summed E-state index contributed by atoms with van der Waals surface area (Å²) in [6.07, 6.45) is 0. The van der Waals surface area contributed by atoms with Gasteiger partial charge in [0.2, 0.25) is 0 Å². The van der Waals surface area contributed by atoms with Crippen molar-refractivity contribution in [1.29, 1.82) is 0 Å². The first-order chi connectivity index (χ1) is 27.8. The van der Waals surface area contributed by atoms with E-state index >= 15 is 0 Å². The van der Waals surface area contributed by atoms with Gasteiger partial charge in [-0.15, -0.1) is 0 Å². The second-order valence-corrected chi connectivity index (χ2v) is 18.4. The normalized spacial score (nSPS) is 12.8. The first-order valence-corrected chi connectivity index (χ1v) is 21.3. The number of hydrogen-bond donors (Lipinski definition) is 0. The molecule has 0 unspecified atom stereocenters. The number of fused-ring (bicyclic) bond motifs is 6. The molecule has 1 aliphatic rings. The van der Waals surface area contributed by atoms with Gasteiger partial charge in [0.25, 0.3) is 0 Å². The molecule has 0 aliphatic carbocycles. The van der Waals surface area contributed by atoms with E-state index < -0.39 is 8.07 Å². The van der Waals surface area contributed by atoms with Crippen molar-refractivity contribution in [3.63, 3.8) is 0 Å². The van der Waals surface area contributed by atoms with Crippen molar-refractivity contribution in [2.24, 2.45) is 0 Å². The quantitative estimate of drug-likeness (QED) is 0.156. The van der Waals surface area contributed by atoms with Crippen molar-refractivity contribution in [2.45, 2.75) is 0 Å². The summed E-state index contributed by atoms with van der Waals surface area (Å²) in [6.45, 7) is 0. The molecule has 56 heavy (non-hydrogen) atoms. The summed E-state index contributed by atoms with van der Waals surface area (Å²) in [5, 5.41) is 8.17. The summed E-state index contributed by atoms with van der Waals surface area (Å²) in [4.78, 5) is 5.37. The molecule has 0 amide bonds. The minimum absolute atomic E-state index is 0.973. The summed E-state index contributed by atoms with van der Waals surface area (Å²) >= 11 is 0. The molecule has 1 aliphatic heterocycles. The maximum Gasteiger partial charge on any atom is 0.180 e. The van der Waals surface area contributed by atoms with Gasteiger partial charge >= 0.3 is 0 Å². The highest BCUT2D eigenvalue weighted by atomic mass is 28.3. The number of pyridine rings is 1. The van der Waals surface area contributed by atoms with E-state index in [9.17, 15) is 0 Å². The lowest BCUT2D eigenvalue weighted by Gasteiger charge is -2.31. The summed E-state index contributed by atoms with van der Waals surface area (Å²) in [5.41, 5.74) is 12.7. The van der Waals surface area contributed by atoms with Crippen LogP contribution in [0.3, 0.4) is 0 Å². The van der Waals surface area contributed by atoms with Crippen LogP contribution in [0.5, 0.6) is 0 Å². The molecule has 0 fully saturated rings. The van der Waals surface area contributed by atoms with E-state index in [0.717, 1.165) is 39.2 Å². The van der Waals surface area contributed by atoms with Crippen LogP contribution in [-0.4, -0.2) is 17.6 Å². The van der Waals surface area contributed by atoms with E-state index in [0.29, 0.717) is 0 Å². The zero-order valence-electron chi connectivity index (χ0n) is 30.7. The van der Waals surface area contributed by atoms with Gasteiger partial charge in [0, 0.05) is 27.6 Å². The van der Waals surface area contributed by atoms with Gasteiger partial charge in [-0.25, -0.2) is 4.98 Å². The number of para-hydroxylation sites is 1. The Labute approximate surface area is 327 Å². The molecule has 0 N–H and O–H groups in total. The van der Waals surface area contributed by atoms with Gasteiger partial charge in [-0.1, -0.05) is 194 Å². The van der Waals surface area contributed by atoms with Gasteiger partial charge in [-0.05, 0) is 67.3 Å². The monoisotopic (exact) mass is 728 g/mol. The highest BCUT2D eigenvalue weighted by Gasteiger charge is 2.48. The van der Waals surface area contributed by atoms with Crippen molar-refractivity contribution < 1.29 is 0 Å². The van der Waals surface area contributed by atoms with Crippen LogP contribution in [0.25, 0.3) is 72.3 Å². The number of aromatic nitrogens is 2. The number of rotatable bonds is 6. The standard InChI is InChI=1S/C53H36N2Si/c1-4-16-39(17-5-1)48-36-47-44-22-10-13-25-49(44)55(53(47)52(54-48)40-18-6-2-7-19-40)41-32-28-37(29-33-41)38-30-34-43(35-31-38)56(42-20-8-3-9-21-42)50-26-14-11-23-45(50)46-24-12-15-27-51(46)56/h1-36H. The smallest absolute Gasteiger partial charge is 0.180 e. The maximum atomic E-state index is 5.37. The molecule has 0 saturated heterocycles. The first kappa shape index (κ1) is 32.4. The molecule has 11 rings (SSSR count). The zero-order valence-corrected chi connectivity index (χ0v) is 31.7. The number of hydrogen-bond acceptors (Lipinski definition) is 1. The molecule has 2 aromatic heterocycles. The minimum atomic E-state index is -2.52. The lowest BCUT2D eigenvalue weighted by Crippen LogP contribution is -2.72. The van der Waals surface area contributed by atoms with Crippen molar-refractivity contribution in [1.82, 2.24) is 9.55 Å². The lowest BCUT2D eigenvalue weighted by molar-refractivity contribution is 1.17. The van der Waals surface area contributed by atoms with E-state index in [4.69, 9.17) is 4.98 Å². The molecule has 262 valence electrons. The van der Waals surface area contributed by atoms with E-state index in [1.165, 1.54) is 53.8 Å². The van der Waals surface area contributed by atoms with Crippen LogP contribution in [-0.2, 0) is 0 Å². The maximum absolute atomic E-state index is 5.37. The van der Waals surface area contributed by atoms with Crippen LogP contribution in [0.1, 0.15) is 0 Å². The van der Waals surface area contributed by atoms with Crippen LogP contribution in [0.15, 0.2) is 218 Å². The summed E-state index contributed by atoms with van der Waals surface area (Å²) in [6, 6.07) is 79.9. The van der Waals surface area contributed by atoms with Crippen LogP contribution in [0.2, 0.25) is 0 Å². The lowest BCUT2D eigenvalue weighted by atomic mass is 10.0. The Hall–Kier alpha value is -7.07. The Morgan fingerprint density at radius 2 is 0.875 bits per heavy atom. The molecule has 2 nitrogen and oxygen atoms in total. The Kier molecular flexibility index (Phi) is 7.54. The van der Waals surface area contributed by atoms with Gasteiger partial charge in [0.05, 0.1) is 22.4 Å². The van der Waals surface area contributed by atoms with E-state index in [1.807, 2.05) is 0 Å². The SMILES string of the molecule is c1ccc(-c2cc3c4ccccc4n(-c4ccc(-c5ccc([Si]6(c7ccccc7)c7ccccc7-c7ccccc76)cc5)cc4)c3c(-c3ccccc3)n2)cc1. The van der Waals surface area contributed by atoms with E-state index in [-0.39, 0.29) is 0 Å². The Morgan fingerprint density at radius 1 is 0.375 bits per heavy atom. The molecule has 8 aromatic carbocycles. The molecular weight excluding hydrogens is 693 g/mol. The highest BCUT2D eigenvalue weighted by Crippen LogP contribution is 2.40. The molecular formula is C53H36N2Si. The van der Waals surface area contributed by atoms with Crippen molar-refractivity contribution in [2.75, 3.05) is 0 Å². The third kappa shape index (κ3) is 4.91. The van der Waals surface area contributed by atoms with Gasteiger partial charge in [0.1, 0.15) is 0 Å². The molecule has 10 aromatic rings. The number of nitrogens with zero attached hydrogens (tertiary/aromatic N) is 2. The fourth-order valence-electron chi connectivity index (χ4n) is 9.24. The minimum Gasteiger partial charge on any atom is -0.307 e. The Balaban J connectivity index is 1.04. The molecule has 0 saturated carbocycles. The summed E-state index contributed by atoms with van der Waals surface area (Å²) in [7, 11) is -2.52. The second kappa shape index (κ2) is 13.1. The molecule has 0 radical (unpaired) electrons. The van der Waals surface area contributed by atoms with Crippen LogP contribution in [0.4, 0.5) is 0 Å². The van der Waals surface area contributed by atoms with Gasteiger partial charge in [-0.3, -0.25) is 0 Å². The van der Waals surface area contributed by atoms with Crippen molar-refractivity contribution in [3.8, 4) is 50.5 Å². The summed E-state index contributed by atoms with van der Waals surface area (Å²) < 4.78 is 2.39. The zero-order chi connectivity index (χ0) is 37.1. The van der Waals surface area contributed by atoms with Crippen LogP contribution < -0.4 is 20.7 Å². The first-order valence-electron chi connectivity index (χ1n) is 19.3. The third-order valence-electron chi connectivity index (χ3n) is 11.7. The van der Waals surface area contributed by atoms with E-state index in [2.05, 4.69) is 223 Å². The summed E-state index contributed by atoms with van der Waals surface area (Å²) in [5.74, 6) is 0. The average molecular weight is 729 g/mol. The van der Waals surface area contributed by atoms with Gasteiger partial charge < -0.3 is 4.57 Å². The average Bonchev–Trinajstić information content (AvgIpc) is 3.78. The predicted molar refractivity (Wildman–Crippen MR) is 237 cm³/mol.